The summed E-state index contributed by atoms with van der Waals surface area (Å²) in [6.45, 7) is 5.19. The normalized spacial score (nSPS) is 15.6. The van der Waals surface area contributed by atoms with Crippen molar-refractivity contribution in [3.63, 3.8) is 0 Å². The Morgan fingerprint density at radius 3 is 2.63 bits per heavy atom. The Bertz CT molecular complexity index is 1310. The zero-order valence-electron chi connectivity index (χ0n) is 19.0. The van der Waals surface area contributed by atoms with Crippen LogP contribution in [0.2, 0.25) is 0 Å². The molecule has 0 aliphatic carbocycles. The van der Waals surface area contributed by atoms with E-state index in [2.05, 4.69) is 16.8 Å². The summed E-state index contributed by atoms with van der Waals surface area (Å²) in [5.74, 6) is -0.426. The van der Waals surface area contributed by atoms with Crippen molar-refractivity contribution < 1.29 is 18.7 Å². The Morgan fingerprint density at radius 1 is 1.26 bits per heavy atom. The molecule has 0 fully saturated rings. The molecule has 3 N–H and O–H groups in total. The van der Waals surface area contributed by atoms with Gasteiger partial charge in [0.1, 0.15) is 12.1 Å². The van der Waals surface area contributed by atoms with E-state index in [1.807, 2.05) is 0 Å². The third-order valence-electron chi connectivity index (χ3n) is 5.81. The molecule has 1 aromatic heterocycles. The van der Waals surface area contributed by atoms with Gasteiger partial charge in [0, 0.05) is 23.9 Å². The fourth-order valence-corrected chi connectivity index (χ4v) is 3.96. The largest absolute Gasteiger partial charge is 0.418 e. The van der Waals surface area contributed by atoms with Gasteiger partial charge in [-0.2, -0.15) is 0 Å². The van der Waals surface area contributed by atoms with E-state index in [1.165, 1.54) is 24.0 Å². The van der Waals surface area contributed by atoms with Gasteiger partial charge >= 0.3 is 0 Å². The predicted octanol–water partition coefficient (Wildman–Crippen LogP) is 4.69. The third-order valence-corrected chi connectivity index (χ3v) is 5.81. The average Bonchev–Trinajstić information content (AvgIpc) is 3.48. The highest BCUT2D eigenvalue weighted by Gasteiger charge is 2.39. The molecule has 3 atom stereocenters. The monoisotopic (exact) mass is 473 g/mol. The van der Waals surface area contributed by atoms with E-state index in [0.717, 1.165) is 11.8 Å². The SMILES string of the molecule is C=Cc1ccc([C@H](O)[C@@H](C(=N)/C=C\C=N)N2Cc3ccc(-c4nnc(C(C)F)o4)cc3C2=O)cc1. The Kier molecular flexibility index (Phi) is 6.79. The summed E-state index contributed by atoms with van der Waals surface area (Å²) in [7, 11) is 0. The lowest BCUT2D eigenvalue weighted by Crippen LogP contribution is -2.44. The molecule has 8 nitrogen and oxygen atoms in total. The summed E-state index contributed by atoms with van der Waals surface area (Å²) < 4.78 is 18.8. The summed E-state index contributed by atoms with van der Waals surface area (Å²) >= 11 is 0. The molecular weight excluding hydrogens is 449 g/mol. The van der Waals surface area contributed by atoms with Crippen molar-refractivity contribution in [1.82, 2.24) is 15.1 Å². The molecule has 2 aromatic carbocycles. The summed E-state index contributed by atoms with van der Waals surface area (Å²) in [5, 5.41) is 34.6. The van der Waals surface area contributed by atoms with Crippen molar-refractivity contribution in [3.8, 4) is 11.5 Å². The first-order chi connectivity index (χ1) is 16.8. The van der Waals surface area contributed by atoms with E-state index in [9.17, 15) is 14.3 Å². The first-order valence-electron chi connectivity index (χ1n) is 10.9. The maximum atomic E-state index is 13.5. The molecule has 0 bridgehead atoms. The highest BCUT2D eigenvalue weighted by molar-refractivity contribution is 6.06. The average molecular weight is 474 g/mol. The molecule has 1 unspecified atom stereocenters. The summed E-state index contributed by atoms with van der Waals surface area (Å²) in [4.78, 5) is 14.9. The summed E-state index contributed by atoms with van der Waals surface area (Å²) in [5.41, 5.74) is 2.94. The van der Waals surface area contributed by atoms with Gasteiger partial charge in [0.15, 0.2) is 6.17 Å². The molecule has 4 rings (SSSR count). The van der Waals surface area contributed by atoms with Gasteiger partial charge in [-0.3, -0.25) is 4.79 Å². The number of halogens is 1. The van der Waals surface area contributed by atoms with Crippen LogP contribution in [0.5, 0.6) is 0 Å². The van der Waals surface area contributed by atoms with Crippen LogP contribution in [0.25, 0.3) is 17.5 Å². The van der Waals surface area contributed by atoms with Crippen LogP contribution in [0.1, 0.15) is 52.1 Å². The fraction of sp³-hybridized carbons (Fsp3) is 0.192. The molecular formula is C26H24FN5O3. The molecule has 1 aliphatic heterocycles. The van der Waals surface area contributed by atoms with Crippen molar-refractivity contribution >= 4 is 23.9 Å². The summed E-state index contributed by atoms with van der Waals surface area (Å²) in [6, 6.07) is 11.1. The Balaban J connectivity index is 1.67. The number of amides is 1. The molecule has 178 valence electrons. The number of rotatable bonds is 9. The van der Waals surface area contributed by atoms with Gasteiger partial charge < -0.3 is 25.2 Å². The molecule has 0 spiro atoms. The molecule has 2 heterocycles. The van der Waals surface area contributed by atoms with Crippen molar-refractivity contribution in [3.05, 3.63) is 89.3 Å². The minimum Gasteiger partial charge on any atom is -0.418 e. The Morgan fingerprint density at radius 2 is 2.00 bits per heavy atom. The second-order valence-electron chi connectivity index (χ2n) is 8.11. The van der Waals surface area contributed by atoms with Crippen molar-refractivity contribution in [2.24, 2.45) is 0 Å². The number of allylic oxidation sites excluding steroid dienone is 1. The topological polar surface area (TPSA) is 127 Å². The van der Waals surface area contributed by atoms with Gasteiger partial charge in [-0.1, -0.05) is 43.0 Å². The standard InChI is InChI=1S/C26H24FN5O3/c1-3-16-6-8-17(9-7-16)23(33)22(21(29)5-4-12-28)32-14-19-11-10-18(13-20(19)26(32)34)25-31-30-24(35-25)15(2)27/h3-13,15,22-23,28-29,33H,1,14H2,2H3/b5-4-,28-12?,29-21?/t15?,22-,23+/m1/s1. The summed E-state index contributed by atoms with van der Waals surface area (Å²) in [6.07, 6.45) is 2.87. The van der Waals surface area contributed by atoms with Crippen molar-refractivity contribution in [2.75, 3.05) is 0 Å². The smallest absolute Gasteiger partial charge is 0.255 e. The van der Waals surface area contributed by atoms with E-state index in [4.69, 9.17) is 15.2 Å². The Hall–Kier alpha value is -4.24. The first kappa shape index (κ1) is 23.9. The van der Waals surface area contributed by atoms with Crippen LogP contribution in [0.4, 0.5) is 4.39 Å². The molecule has 1 amide bonds. The quantitative estimate of drug-likeness (QED) is 0.389. The van der Waals surface area contributed by atoms with Crippen LogP contribution in [-0.2, 0) is 6.54 Å². The number of benzene rings is 2. The minimum absolute atomic E-state index is 0.0198. The number of aliphatic hydroxyl groups excluding tert-OH is 1. The molecule has 1 aliphatic rings. The van der Waals surface area contributed by atoms with E-state index < -0.39 is 18.3 Å². The van der Waals surface area contributed by atoms with Crippen LogP contribution >= 0.6 is 0 Å². The first-order valence-corrected chi connectivity index (χ1v) is 10.9. The number of hydrogen-bond donors (Lipinski definition) is 3. The van der Waals surface area contributed by atoms with Gasteiger partial charge in [-0.05, 0) is 47.9 Å². The van der Waals surface area contributed by atoms with Crippen LogP contribution in [0.3, 0.4) is 0 Å². The third kappa shape index (κ3) is 4.71. The molecule has 0 saturated carbocycles. The lowest BCUT2D eigenvalue weighted by atomic mass is 9.95. The second kappa shape index (κ2) is 9.94. The van der Waals surface area contributed by atoms with Crippen molar-refractivity contribution in [1.29, 1.82) is 10.8 Å². The number of aromatic nitrogens is 2. The second-order valence-corrected chi connectivity index (χ2v) is 8.11. The molecule has 0 saturated heterocycles. The number of aliphatic hydroxyl groups is 1. The van der Waals surface area contributed by atoms with Gasteiger partial charge in [0.05, 0.1) is 5.71 Å². The number of carbonyl (C=O) groups is 1. The number of alkyl halides is 1. The Labute approximate surface area is 201 Å². The molecule has 0 radical (unpaired) electrons. The number of carbonyl (C=O) groups excluding carboxylic acids is 1. The van der Waals surface area contributed by atoms with Crippen LogP contribution in [0, 0.1) is 10.8 Å². The van der Waals surface area contributed by atoms with Gasteiger partial charge in [-0.25, -0.2) is 4.39 Å². The number of nitrogens with zero attached hydrogens (tertiary/aromatic N) is 3. The number of hydrogen-bond acceptors (Lipinski definition) is 7. The van der Waals surface area contributed by atoms with Crippen molar-refractivity contribution in [2.45, 2.75) is 31.8 Å². The van der Waals surface area contributed by atoms with Crippen LogP contribution in [-0.4, -0.2) is 44.1 Å². The zero-order valence-corrected chi connectivity index (χ0v) is 19.0. The predicted molar refractivity (Wildman–Crippen MR) is 130 cm³/mol. The van der Waals surface area contributed by atoms with Gasteiger partial charge in [0.2, 0.25) is 5.89 Å². The van der Waals surface area contributed by atoms with E-state index in [-0.39, 0.29) is 29.9 Å². The fourth-order valence-electron chi connectivity index (χ4n) is 3.96. The van der Waals surface area contributed by atoms with E-state index >= 15 is 0 Å². The van der Waals surface area contributed by atoms with E-state index in [1.54, 1.807) is 48.5 Å². The maximum absolute atomic E-state index is 13.5. The molecule has 3 aromatic rings. The zero-order chi connectivity index (χ0) is 25.1. The highest BCUT2D eigenvalue weighted by Crippen LogP contribution is 2.33. The number of nitrogens with one attached hydrogen (secondary N) is 2. The van der Waals surface area contributed by atoms with Crippen LogP contribution < -0.4 is 0 Å². The molecule has 9 heteroatoms. The maximum Gasteiger partial charge on any atom is 0.255 e. The lowest BCUT2D eigenvalue weighted by molar-refractivity contribution is 0.0539. The van der Waals surface area contributed by atoms with Crippen LogP contribution in [0.15, 0.2) is 65.6 Å². The van der Waals surface area contributed by atoms with Gasteiger partial charge in [-0.15, -0.1) is 10.2 Å². The van der Waals surface area contributed by atoms with E-state index in [0.29, 0.717) is 22.3 Å². The lowest BCUT2D eigenvalue weighted by Gasteiger charge is -2.31. The number of fused-ring (bicyclic) bond motifs is 1. The van der Waals surface area contributed by atoms with Gasteiger partial charge in [0.25, 0.3) is 11.8 Å². The minimum atomic E-state index is -1.41. The molecule has 35 heavy (non-hydrogen) atoms. The highest BCUT2D eigenvalue weighted by atomic mass is 19.1.